The van der Waals surface area contributed by atoms with Crippen LogP contribution in [0.1, 0.15) is 48.8 Å². The zero-order chi connectivity index (χ0) is 22.3. The minimum absolute atomic E-state index is 0.0477. The van der Waals surface area contributed by atoms with Crippen molar-refractivity contribution in [3.63, 3.8) is 0 Å². The van der Waals surface area contributed by atoms with Crippen molar-refractivity contribution in [3.8, 4) is 11.4 Å². The number of imidazole rings is 1. The summed E-state index contributed by atoms with van der Waals surface area (Å²) in [4.78, 5) is 20.7. The van der Waals surface area contributed by atoms with Crippen LogP contribution in [0.25, 0.3) is 11.4 Å². The van der Waals surface area contributed by atoms with Gasteiger partial charge in [0, 0.05) is 43.9 Å². The van der Waals surface area contributed by atoms with Crippen molar-refractivity contribution in [2.45, 2.75) is 45.7 Å². The summed E-state index contributed by atoms with van der Waals surface area (Å²) in [5.74, 6) is 1.44. The lowest BCUT2D eigenvalue weighted by atomic mass is 10.0. The lowest BCUT2D eigenvalue weighted by molar-refractivity contribution is -0.121. The average Bonchev–Trinajstić information content (AvgIpc) is 3.49. The number of carbonyl (C=O) groups excluding carboxylic acids is 1. The predicted molar refractivity (Wildman–Crippen MR) is 122 cm³/mol. The van der Waals surface area contributed by atoms with Gasteiger partial charge in [0.25, 0.3) is 0 Å². The molecule has 0 aliphatic rings. The van der Waals surface area contributed by atoms with Gasteiger partial charge in [-0.25, -0.2) is 4.98 Å². The number of carbonyl (C=O) groups is 1. The summed E-state index contributed by atoms with van der Waals surface area (Å²) in [6.45, 7) is 5.58. The van der Waals surface area contributed by atoms with Crippen molar-refractivity contribution < 1.29 is 9.32 Å². The first kappa shape index (κ1) is 21.5. The van der Waals surface area contributed by atoms with Crippen LogP contribution in [-0.2, 0) is 24.3 Å². The lowest BCUT2D eigenvalue weighted by Gasteiger charge is -2.07. The number of hydrogen-bond donors (Lipinski definition) is 1. The van der Waals surface area contributed by atoms with Crippen molar-refractivity contribution in [2.24, 2.45) is 0 Å². The molecule has 1 amide bonds. The van der Waals surface area contributed by atoms with Gasteiger partial charge in [0.1, 0.15) is 0 Å². The molecule has 0 radical (unpaired) electrons. The highest BCUT2D eigenvalue weighted by molar-refractivity contribution is 5.76. The van der Waals surface area contributed by atoms with E-state index in [-0.39, 0.29) is 5.91 Å². The Hall–Kier alpha value is -3.74. The van der Waals surface area contributed by atoms with Crippen LogP contribution in [0.15, 0.2) is 71.8 Å². The molecule has 0 aliphatic heterocycles. The molecule has 0 unspecified atom stereocenters. The quantitative estimate of drug-likeness (QED) is 0.427. The van der Waals surface area contributed by atoms with E-state index in [9.17, 15) is 4.79 Å². The molecular weight excluding hydrogens is 402 g/mol. The van der Waals surface area contributed by atoms with Crippen molar-refractivity contribution >= 4 is 5.91 Å². The standard InChI is InChI=1S/C25H27N5O2/c1-18(2)21-7-9-22(10-8-21)25-28-24(32-29-25)12-11-23(31)27-15-19-3-5-20(6-4-19)16-30-14-13-26-17-30/h3-10,13-14,17-18H,11-12,15-16H2,1-2H3,(H,27,31). The number of rotatable bonds is 9. The predicted octanol–water partition coefficient (Wildman–Crippen LogP) is 4.35. The van der Waals surface area contributed by atoms with Crippen LogP contribution in [0.4, 0.5) is 0 Å². The molecule has 7 nitrogen and oxygen atoms in total. The summed E-state index contributed by atoms with van der Waals surface area (Å²) in [5.41, 5.74) is 4.41. The Kier molecular flexibility index (Phi) is 6.75. The van der Waals surface area contributed by atoms with Crippen LogP contribution in [0.5, 0.6) is 0 Å². The van der Waals surface area contributed by atoms with Gasteiger partial charge < -0.3 is 14.4 Å². The minimum atomic E-state index is -0.0477. The number of benzene rings is 2. The van der Waals surface area contributed by atoms with E-state index in [1.165, 1.54) is 11.1 Å². The fraction of sp³-hybridized carbons (Fsp3) is 0.280. The third kappa shape index (κ3) is 5.69. The zero-order valence-corrected chi connectivity index (χ0v) is 18.4. The van der Waals surface area contributed by atoms with E-state index in [2.05, 4.69) is 58.6 Å². The summed E-state index contributed by atoms with van der Waals surface area (Å²) >= 11 is 0. The second kappa shape index (κ2) is 10.0. The maximum absolute atomic E-state index is 12.2. The van der Waals surface area contributed by atoms with Gasteiger partial charge in [-0.2, -0.15) is 4.98 Å². The molecule has 0 bridgehead atoms. The van der Waals surface area contributed by atoms with Crippen molar-refractivity contribution in [2.75, 3.05) is 0 Å². The molecule has 7 heteroatoms. The van der Waals surface area contributed by atoms with Crippen molar-refractivity contribution in [3.05, 3.63) is 89.8 Å². The van der Waals surface area contributed by atoms with Gasteiger partial charge in [0.15, 0.2) is 0 Å². The number of aromatic nitrogens is 4. The van der Waals surface area contributed by atoms with E-state index in [1.54, 1.807) is 12.5 Å². The van der Waals surface area contributed by atoms with Crippen molar-refractivity contribution in [1.82, 2.24) is 25.0 Å². The van der Waals surface area contributed by atoms with E-state index in [0.717, 1.165) is 17.7 Å². The summed E-state index contributed by atoms with van der Waals surface area (Å²) in [5, 5.41) is 6.99. The molecule has 164 valence electrons. The van der Waals surface area contributed by atoms with Gasteiger partial charge in [0.05, 0.1) is 6.33 Å². The molecule has 0 spiro atoms. The Bertz CT molecular complexity index is 1130. The molecule has 0 saturated heterocycles. The van der Waals surface area contributed by atoms with Crippen LogP contribution in [0, 0.1) is 0 Å². The van der Waals surface area contributed by atoms with Gasteiger partial charge in [0.2, 0.25) is 17.6 Å². The number of nitrogens with zero attached hydrogens (tertiary/aromatic N) is 4. The number of aryl methyl sites for hydroxylation is 1. The first-order chi connectivity index (χ1) is 15.6. The molecule has 4 aromatic rings. The normalized spacial score (nSPS) is 11.1. The van der Waals surface area contributed by atoms with Crippen molar-refractivity contribution in [1.29, 1.82) is 0 Å². The molecule has 0 aliphatic carbocycles. The highest BCUT2D eigenvalue weighted by Gasteiger charge is 2.11. The van der Waals surface area contributed by atoms with Gasteiger partial charge in [-0.15, -0.1) is 0 Å². The first-order valence-corrected chi connectivity index (χ1v) is 10.8. The average molecular weight is 430 g/mol. The fourth-order valence-corrected chi connectivity index (χ4v) is 3.35. The lowest BCUT2D eigenvalue weighted by Crippen LogP contribution is -2.23. The molecule has 32 heavy (non-hydrogen) atoms. The SMILES string of the molecule is CC(C)c1ccc(-c2noc(CCC(=O)NCc3ccc(Cn4ccnc4)cc3)n2)cc1. The second-order valence-electron chi connectivity index (χ2n) is 8.12. The molecule has 4 rings (SSSR count). The highest BCUT2D eigenvalue weighted by Crippen LogP contribution is 2.20. The van der Waals surface area contributed by atoms with Crippen LogP contribution < -0.4 is 5.32 Å². The summed E-state index contributed by atoms with van der Waals surface area (Å²) in [7, 11) is 0. The van der Waals surface area contributed by atoms with E-state index >= 15 is 0 Å². The minimum Gasteiger partial charge on any atom is -0.352 e. The van der Waals surface area contributed by atoms with Gasteiger partial charge in [-0.1, -0.05) is 67.5 Å². The van der Waals surface area contributed by atoms with E-state index in [0.29, 0.717) is 37.0 Å². The maximum atomic E-state index is 12.2. The Morgan fingerprint density at radius 1 is 1.06 bits per heavy atom. The smallest absolute Gasteiger partial charge is 0.227 e. The molecule has 2 aromatic carbocycles. The van der Waals surface area contributed by atoms with Crippen LogP contribution in [0.2, 0.25) is 0 Å². The van der Waals surface area contributed by atoms with E-state index in [4.69, 9.17) is 4.52 Å². The molecule has 1 N–H and O–H groups in total. The summed E-state index contributed by atoms with van der Waals surface area (Å²) in [6, 6.07) is 16.3. The number of nitrogens with one attached hydrogen (secondary N) is 1. The Morgan fingerprint density at radius 2 is 1.81 bits per heavy atom. The van der Waals surface area contributed by atoms with E-state index in [1.807, 2.05) is 35.0 Å². The number of hydrogen-bond acceptors (Lipinski definition) is 5. The second-order valence-corrected chi connectivity index (χ2v) is 8.12. The molecule has 2 heterocycles. The first-order valence-electron chi connectivity index (χ1n) is 10.8. The highest BCUT2D eigenvalue weighted by atomic mass is 16.5. The maximum Gasteiger partial charge on any atom is 0.227 e. The molecule has 0 fully saturated rings. The van der Waals surface area contributed by atoms with E-state index < -0.39 is 0 Å². The molecule has 0 saturated carbocycles. The Balaban J connectivity index is 1.23. The van der Waals surface area contributed by atoms with Crippen LogP contribution >= 0.6 is 0 Å². The zero-order valence-electron chi connectivity index (χ0n) is 18.4. The third-order valence-corrected chi connectivity index (χ3v) is 5.31. The molecular formula is C25H27N5O2. The molecule has 2 aromatic heterocycles. The number of amides is 1. The van der Waals surface area contributed by atoms with Gasteiger partial charge >= 0.3 is 0 Å². The van der Waals surface area contributed by atoms with Gasteiger partial charge in [-0.05, 0) is 22.6 Å². The fourth-order valence-electron chi connectivity index (χ4n) is 3.35. The van der Waals surface area contributed by atoms with Gasteiger partial charge in [-0.3, -0.25) is 4.79 Å². The monoisotopic (exact) mass is 429 g/mol. The topological polar surface area (TPSA) is 85.8 Å². The largest absolute Gasteiger partial charge is 0.352 e. The Labute approximate surface area is 187 Å². The molecule has 0 atom stereocenters. The van der Waals surface area contributed by atoms with Crippen LogP contribution in [-0.4, -0.2) is 25.6 Å². The summed E-state index contributed by atoms with van der Waals surface area (Å²) < 4.78 is 7.33. The third-order valence-electron chi connectivity index (χ3n) is 5.31. The summed E-state index contributed by atoms with van der Waals surface area (Å²) in [6.07, 6.45) is 6.20. The van der Waals surface area contributed by atoms with Crippen LogP contribution in [0.3, 0.4) is 0 Å². The Morgan fingerprint density at radius 3 is 2.50 bits per heavy atom.